The molecule has 1 aliphatic heterocycles. The van der Waals surface area contributed by atoms with Crippen LogP contribution in [0, 0.1) is 29.6 Å². The van der Waals surface area contributed by atoms with E-state index in [9.17, 15) is 5.26 Å². The molecule has 1 heterocycles. The number of nitrogens with zero attached hydrogens (tertiary/aromatic N) is 2. The van der Waals surface area contributed by atoms with Gasteiger partial charge < -0.3 is 0 Å². The van der Waals surface area contributed by atoms with E-state index >= 15 is 0 Å². The molecule has 0 aromatic heterocycles. The maximum atomic E-state index is 9.27. The van der Waals surface area contributed by atoms with E-state index in [2.05, 4.69) is 56.0 Å². The van der Waals surface area contributed by atoms with Gasteiger partial charge in [-0.05, 0) is 30.9 Å². The fraction of sp³-hybridized carbons (Fsp3) is 0.562. The Balaban J connectivity index is 2.00. The van der Waals surface area contributed by atoms with Crippen molar-refractivity contribution in [1.82, 2.24) is 4.90 Å². The molecule has 1 aliphatic rings. The van der Waals surface area contributed by atoms with Crippen LogP contribution in [0.1, 0.15) is 31.4 Å². The van der Waals surface area contributed by atoms with Gasteiger partial charge in [0, 0.05) is 13.1 Å². The second-order valence-corrected chi connectivity index (χ2v) is 6.14. The Labute approximate surface area is 110 Å². The molecule has 1 aromatic rings. The summed E-state index contributed by atoms with van der Waals surface area (Å²) in [5.74, 6) is 0.150. The van der Waals surface area contributed by atoms with Gasteiger partial charge in [-0.1, -0.05) is 43.7 Å². The fourth-order valence-corrected chi connectivity index (χ4v) is 2.53. The summed E-state index contributed by atoms with van der Waals surface area (Å²) in [6.07, 6.45) is 1.11. The molecule has 2 rings (SSSR count). The molecule has 0 aliphatic carbocycles. The highest BCUT2D eigenvalue weighted by Crippen LogP contribution is 2.35. The Kier molecular flexibility index (Phi) is 3.73. The fourth-order valence-electron chi connectivity index (χ4n) is 2.53. The van der Waals surface area contributed by atoms with Gasteiger partial charge in [-0.15, -0.1) is 0 Å². The predicted octanol–water partition coefficient (Wildman–Crippen LogP) is 3.37. The number of hydrogen-bond acceptors (Lipinski definition) is 2. The highest BCUT2D eigenvalue weighted by Gasteiger charge is 2.35. The largest absolute Gasteiger partial charge is 0.298 e. The van der Waals surface area contributed by atoms with Gasteiger partial charge in [-0.3, -0.25) is 4.90 Å². The lowest BCUT2D eigenvalue weighted by Gasteiger charge is -2.40. The summed E-state index contributed by atoms with van der Waals surface area (Å²) in [5, 5.41) is 9.27. The first-order valence-electron chi connectivity index (χ1n) is 6.69. The number of rotatable bonds is 2. The van der Waals surface area contributed by atoms with Crippen LogP contribution in [0.25, 0.3) is 0 Å². The number of hydrogen-bond donors (Lipinski definition) is 0. The molecule has 1 unspecified atom stereocenters. The third-order valence-electron chi connectivity index (χ3n) is 4.14. The van der Waals surface area contributed by atoms with Crippen molar-refractivity contribution in [3.8, 4) is 6.07 Å². The van der Waals surface area contributed by atoms with Crippen molar-refractivity contribution in [1.29, 1.82) is 5.26 Å². The van der Waals surface area contributed by atoms with Crippen LogP contribution in [-0.4, -0.2) is 18.0 Å². The topological polar surface area (TPSA) is 27.0 Å². The number of piperidine rings is 1. The Hall–Kier alpha value is -1.33. The van der Waals surface area contributed by atoms with Crippen LogP contribution in [0.4, 0.5) is 0 Å². The van der Waals surface area contributed by atoms with Crippen molar-refractivity contribution >= 4 is 0 Å². The van der Waals surface area contributed by atoms with Crippen LogP contribution in [0.5, 0.6) is 0 Å². The number of benzene rings is 1. The number of aryl methyl sites for hydroxylation is 1. The molecule has 0 bridgehead atoms. The Morgan fingerprint density at radius 3 is 2.61 bits per heavy atom. The zero-order valence-electron chi connectivity index (χ0n) is 11.6. The van der Waals surface area contributed by atoms with E-state index in [1.165, 1.54) is 11.1 Å². The van der Waals surface area contributed by atoms with Gasteiger partial charge in [-0.2, -0.15) is 5.26 Å². The normalized spacial score (nSPS) is 23.6. The average molecular weight is 242 g/mol. The third kappa shape index (κ3) is 2.91. The summed E-state index contributed by atoms with van der Waals surface area (Å²) in [5.41, 5.74) is 2.81. The molecule has 0 radical (unpaired) electrons. The molecule has 0 N–H and O–H groups in total. The second-order valence-electron chi connectivity index (χ2n) is 6.14. The number of nitriles is 1. The predicted molar refractivity (Wildman–Crippen MR) is 74.0 cm³/mol. The lowest BCUT2D eigenvalue weighted by molar-refractivity contribution is 0.0860. The van der Waals surface area contributed by atoms with Gasteiger partial charge in [0.1, 0.15) is 0 Å². The lowest BCUT2D eigenvalue weighted by Crippen LogP contribution is -2.43. The monoisotopic (exact) mass is 242 g/mol. The van der Waals surface area contributed by atoms with E-state index in [-0.39, 0.29) is 11.3 Å². The third-order valence-corrected chi connectivity index (χ3v) is 4.14. The smallest absolute Gasteiger partial charge is 0.0674 e. The molecule has 0 spiro atoms. The molecule has 2 nitrogen and oxygen atoms in total. The summed E-state index contributed by atoms with van der Waals surface area (Å²) < 4.78 is 0. The zero-order chi connectivity index (χ0) is 13.2. The molecule has 2 heteroatoms. The summed E-state index contributed by atoms with van der Waals surface area (Å²) in [4.78, 5) is 2.41. The van der Waals surface area contributed by atoms with Gasteiger partial charge in [0.25, 0.3) is 0 Å². The maximum absolute atomic E-state index is 9.27. The number of likely N-dealkylation sites (tertiary alicyclic amines) is 1. The van der Waals surface area contributed by atoms with Crippen molar-refractivity contribution in [2.45, 2.75) is 33.7 Å². The molecular formula is C16H22N2. The van der Waals surface area contributed by atoms with E-state index in [0.29, 0.717) is 0 Å². The Morgan fingerprint density at radius 2 is 2.00 bits per heavy atom. The SMILES string of the molecule is Cc1ccc(CN2CCC(C)(C)C(C#N)C2)cc1. The van der Waals surface area contributed by atoms with Gasteiger partial charge in [0.05, 0.1) is 12.0 Å². The highest BCUT2D eigenvalue weighted by atomic mass is 15.1. The molecule has 96 valence electrons. The van der Waals surface area contributed by atoms with E-state index in [4.69, 9.17) is 0 Å². The minimum atomic E-state index is 0.150. The first-order valence-corrected chi connectivity index (χ1v) is 6.69. The first-order chi connectivity index (χ1) is 8.51. The van der Waals surface area contributed by atoms with Gasteiger partial charge in [0.2, 0.25) is 0 Å². The average Bonchev–Trinajstić information content (AvgIpc) is 2.34. The van der Waals surface area contributed by atoms with Gasteiger partial charge in [0.15, 0.2) is 0 Å². The van der Waals surface area contributed by atoms with Crippen LogP contribution in [0.3, 0.4) is 0 Å². The minimum absolute atomic E-state index is 0.150. The summed E-state index contributed by atoms with van der Waals surface area (Å²) in [6, 6.07) is 11.2. The standard InChI is InChI=1S/C16H22N2/c1-13-4-6-14(7-5-13)11-18-9-8-16(2,3)15(10-17)12-18/h4-7,15H,8-9,11-12H2,1-3H3. The van der Waals surface area contributed by atoms with E-state index < -0.39 is 0 Å². The summed E-state index contributed by atoms with van der Waals surface area (Å²) in [6.45, 7) is 9.50. The quantitative estimate of drug-likeness (QED) is 0.795. The molecule has 0 amide bonds. The highest BCUT2D eigenvalue weighted by molar-refractivity contribution is 5.21. The van der Waals surface area contributed by atoms with Crippen molar-refractivity contribution < 1.29 is 0 Å². The molecule has 18 heavy (non-hydrogen) atoms. The van der Waals surface area contributed by atoms with Crippen LogP contribution in [0.2, 0.25) is 0 Å². The molecule has 1 atom stereocenters. The first kappa shape index (κ1) is 13.1. The molecule has 1 saturated heterocycles. The summed E-state index contributed by atoms with van der Waals surface area (Å²) in [7, 11) is 0. The molecule has 0 saturated carbocycles. The Morgan fingerprint density at radius 1 is 1.33 bits per heavy atom. The van der Waals surface area contributed by atoms with E-state index in [1.54, 1.807) is 0 Å². The minimum Gasteiger partial charge on any atom is -0.298 e. The van der Waals surface area contributed by atoms with Gasteiger partial charge >= 0.3 is 0 Å². The molecule has 1 fully saturated rings. The van der Waals surface area contributed by atoms with Crippen LogP contribution >= 0.6 is 0 Å². The van der Waals surface area contributed by atoms with Crippen molar-refractivity contribution in [2.75, 3.05) is 13.1 Å². The maximum Gasteiger partial charge on any atom is 0.0674 e. The van der Waals surface area contributed by atoms with Crippen molar-refractivity contribution in [3.63, 3.8) is 0 Å². The van der Waals surface area contributed by atoms with Crippen LogP contribution < -0.4 is 0 Å². The van der Waals surface area contributed by atoms with Crippen molar-refractivity contribution in [2.24, 2.45) is 11.3 Å². The van der Waals surface area contributed by atoms with E-state index in [0.717, 1.165) is 26.1 Å². The second kappa shape index (κ2) is 5.12. The molecular weight excluding hydrogens is 220 g/mol. The van der Waals surface area contributed by atoms with Gasteiger partial charge in [-0.25, -0.2) is 0 Å². The van der Waals surface area contributed by atoms with Crippen LogP contribution in [-0.2, 0) is 6.54 Å². The van der Waals surface area contributed by atoms with Crippen molar-refractivity contribution in [3.05, 3.63) is 35.4 Å². The lowest BCUT2D eigenvalue weighted by atomic mass is 9.74. The molecule has 1 aromatic carbocycles. The zero-order valence-corrected chi connectivity index (χ0v) is 11.6. The summed E-state index contributed by atoms with van der Waals surface area (Å²) >= 11 is 0. The van der Waals surface area contributed by atoms with E-state index in [1.807, 2.05) is 0 Å². The Bertz CT molecular complexity index is 439. The van der Waals surface area contributed by atoms with Crippen LogP contribution in [0.15, 0.2) is 24.3 Å².